The minimum atomic E-state index is 0.198. The van der Waals surface area contributed by atoms with Crippen LogP contribution in [0.4, 0.5) is 0 Å². The Labute approximate surface area is 155 Å². The van der Waals surface area contributed by atoms with Gasteiger partial charge < -0.3 is 9.80 Å². The van der Waals surface area contributed by atoms with E-state index < -0.39 is 0 Å². The Morgan fingerprint density at radius 1 is 1.15 bits per heavy atom. The fourth-order valence-electron chi connectivity index (χ4n) is 3.36. The van der Waals surface area contributed by atoms with E-state index in [0.29, 0.717) is 12.3 Å². The lowest BCUT2D eigenvalue weighted by molar-refractivity contribution is -0.131. The molecular formula is C20H27N5O. The van der Waals surface area contributed by atoms with E-state index in [4.69, 9.17) is 0 Å². The average molecular weight is 353 g/mol. The van der Waals surface area contributed by atoms with Gasteiger partial charge in [-0.25, -0.2) is 0 Å². The number of hydrogen-bond donors (Lipinski definition) is 0. The number of piperidine rings is 1. The molecule has 0 N–H and O–H groups in total. The minimum Gasteiger partial charge on any atom is -0.342 e. The van der Waals surface area contributed by atoms with E-state index in [-0.39, 0.29) is 5.91 Å². The maximum atomic E-state index is 12.4. The second kappa shape index (κ2) is 8.85. The molecule has 0 radical (unpaired) electrons. The quantitative estimate of drug-likeness (QED) is 0.794. The van der Waals surface area contributed by atoms with Crippen LogP contribution in [-0.4, -0.2) is 57.8 Å². The summed E-state index contributed by atoms with van der Waals surface area (Å²) in [6.45, 7) is 2.47. The highest BCUT2D eigenvalue weighted by molar-refractivity contribution is 5.78. The molecule has 2 aromatic rings. The predicted octanol–water partition coefficient (Wildman–Crippen LogP) is 1.96. The topological polar surface area (TPSA) is 62.2 Å². The van der Waals surface area contributed by atoms with Crippen LogP contribution >= 0.6 is 0 Å². The van der Waals surface area contributed by atoms with Crippen molar-refractivity contribution in [3.8, 4) is 0 Å². The highest BCUT2D eigenvalue weighted by Crippen LogP contribution is 2.21. The first-order valence-corrected chi connectivity index (χ1v) is 9.21. The third-order valence-corrected chi connectivity index (χ3v) is 4.78. The molecule has 2 aromatic heterocycles. The van der Waals surface area contributed by atoms with Gasteiger partial charge in [-0.1, -0.05) is 6.07 Å². The van der Waals surface area contributed by atoms with Crippen molar-refractivity contribution in [1.29, 1.82) is 0 Å². The predicted molar refractivity (Wildman–Crippen MR) is 100 cm³/mol. The Morgan fingerprint density at radius 2 is 1.88 bits per heavy atom. The molecule has 138 valence electrons. The number of rotatable bonds is 6. The molecule has 1 aliphatic heterocycles. The molecule has 0 saturated carbocycles. The van der Waals surface area contributed by atoms with Crippen molar-refractivity contribution in [2.75, 3.05) is 27.2 Å². The molecule has 26 heavy (non-hydrogen) atoms. The zero-order valence-corrected chi connectivity index (χ0v) is 15.6. The number of likely N-dealkylation sites (tertiary alicyclic amines) is 1. The van der Waals surface area contributed by atoms with E-state index in [1.165, 1.54) is 0 Å². The van der Waals surface area contributed by atoms with Crippen molar-refractivity contribution in [3.63, 3.8) is 0 Å². The largest absolute Gasteiger partial charge is 0.342 e. The summed E-state index contributed by atoms with van der Waals surface area (Å²) in [5.41, 5.74) is 3.02. The highest BCUT2D eigenvalue weighted by atomic mass is 16.2. The van der Waals surface area contributed by atoms with E-state index in [1.807, 2.05) is 43.5 Å². The van der Waals surface area contributed by atoms with Crippen molar-refractivity contribution in [1.82, 2.24) is 24.8 Å². The maximum absolute atomic E-state index is 12.4. The summed E-state index contributed by atoms with van der Waals surface area (Å²) in [5.74, 6) is 0.774. The van der Waals surface area contributed by atoms with Crippen molar-refractivity contribution >= 4 is 5.91 Å². The Hall–Kier alpha value is -2.34. The van der Waals surface area contributed by atoms with Crippen molar-refractivity contribution in [2.24, 2.45) is 5.92 Å². The standard InChI is InChI=1S/C20H27N5O/c1-24(2)15-19-14-22-18(13-23-19)10-16-5-8-25(9-6-16)20(26)11-17-4-3-7-21-12-17/h3-4,7,12-14,16H,5-6,8-11,15H2,1-2H3. The monoisotopic (exact) mass is 353 g/mol. The summed E-state index contributed by atoms with van der Waals surface area (Å²) in [6.07, 6.45) is 10.7. The van der Waals surface area contributed by atoms with Gasteiger partial charge in [0.05, 0.1) is 24.0 Å². The zero-order valence-electron chi connectivity index (χ0n) is 15.6. The van der Waals surface area contributed by atoms with Gasteiger partial charge in [0, 0.05) is 38.2 Å². The Morgan fingerprint density at radius 3 is 2.50 bits per heavy atom. The molecule has 3 heterocycles. The van der Waals surface area contributed by atoms with E-state index >= 15 is 0 Å². The Balaban J connectivity index is 1.45. The van der Waals surface area contributed by atoms with Gasteiger partial charge in [-0.15, -0.1) is 0 Å². The van der Waals surface area contributed by atoms with Crippen LogP contribution < -0.4 is 0 Å². The Bertz CT molecular complexity index is 694. The van der Waals surface area contributed by atoms with Gasteiger partial charge in [-0.3, -0.25) is 19.7 Å². The summed E-state index contributed by atoms with van der Waals surface area (Å²) in [5, 5.41) is 0. The number of aromatic nitrogens is 3. The molecule has 3 rings (SSSR count). The van der Waals surface area contributed by atoms with Gasteiger partial charge in [0.2, 0.25) is 5.91 Å². The van der Waals surface area contributed by atoms with E-state index in [9.17, 15) is 4.79 Å². The number of pyridine rings is 1. The van der Waals surface area contributed by atoms with Crippen molar-refractivity contribution < 1.29 is 4.79 Å². The maximum Gasteiger partial charge on any atom is 0.227 e. The number of amides is 1. The van der Waals surface area contributed by atoms with Crippen molar-refractivity contribution in [2.45, 2.75) is 32.2 Å². The third kappa shape index (κ3) is 5.33. The first-order chi connectivity index (χ1) is 12.6. The molecule has 1 fully saturated rings. The lowest BCUT2D eigenvalue weighted by Gasteiger charge is -2.32. The molecule has 1 saturated heterocycles. The second-order valence-corrected chi connectivity index (χ2v) is 7.30. The molecule has 1 aliphatic rings. The van der Waals surface area contributed by atoms with Crippen LogP contribution in [0.2, 0.25) is 0 Å². The molecule has 0 spiro atoms. The number of carbonyl (C=O) groups excluding carboxylic acids is 1. The molecule has 1 amide bonds. The van der Waals surface area contributed by atoms with Crippen LogP contribution in [0.5, 0.6) is 0 Å². The van der Waals surface area contributed by atoms with Crippen LogP contribution in [-0.2, 0) is 24.2 Å². The lowest BCUT2D eigenvalue weighted by atomic mass is 9.92. The van der Waals surface area contributed by atoms with Crippen LogP contribution in [0.1, 0.15) is 29.8 Å². The lowest BCUT2D eigenvalue weighted by Crippen LogP contribution is -2.39. The summed E-state index contributed by atoms with van der Waals surface area (Å²) in [4.78, 5) is 29.6. The number of nitrogens with zero attached hydrogens (tertiary/aromatic N) is 5. The Kier molecular flexibility index (Phi) is 6.28. The molecule has 0 unspecified atom stereocenters. The smallest absolute Gasteiger partial charge is 0.227 e. The van der Waals surface area contributed by atoms with Crippen LogP contribution in [0.3, 0.4) is 0 Å². The van der Waals surface area contributed by atoms with Gasteiger partial charge in [0.15, 0.2) is 0 Å². The van der Waals surface area contributed by atoms with E-state index in [2.05, 4.69) is 19.9 Å². The SMILES string of the molecule is CN(C)Cc1cnc(CC2CCN(C(=O)Cc3cccnc3)CC2)cn1. The minimum absolute atomic E-state index is 0.198. The molecule has 6 heteroatoms. The molecule has 6 nitrogen and oxygen atoms in total. The second-order valence-electron chi connectivity index (χ2n) is 7.30. The van der Waals surface area contributed by atoms with Crippen molar-refractivity contribution in [3.05, 3.63) is 53.9 Å². The molecule has 0 bridgehead atoms. The highest BCUT2D eigenvalue weighted by Gasteiger charge is 2.23. The fourth-order valence-corrected chi connectivity index (χ4v) is 3.36. The van der Waals surface area contributed by atoms with Gasteiger partial charge in [0.25, 0.3) is 0 Å². The fraction of sp³-hybridized carbons (Fsp3) is 0.500. The normalized spacial score (nSPS) is 15.4. The summed E-state index contributed by atoms with van der Waals surface area (Å²) in [7, 11) is 4.05. The van der Waals surface area contributed by atoms with E-state index in [0.717, 1.165) is 55.8 Å². The van der Waals surface area contributed by atoms with Crippen LogP contribution in [0, 0.1) is 5.92 Å². The van der Waals surface area contributed by atoms with Gasteiger partial charge >= 0.3 is 0 Å². The van der Waals surface area contributed by atoms with Gasteiger partial charge in [0.1, 0.15) is 0 Å². The van der Waals surface area contributed by atoms with Gasteiger partial charge in [-0.2, -0.15) is 0 Å². The average Bonchev–Trinajstić information content (AvgIpc) is 2.64. The van der Waals surface area contributed by atoms with Gasteiger partial charge in [-0.05, 0) is 50.9 Å². The van der Waals surface area contributed by atoms with E-state index in [1.54, 1.807) is 12.4 Å². The van der Waals surface area contributed by atoms with Crippen LogP contribution in [0.25, 0.3) is 0 Å². The summed E-state index contributed by atoms with van der Waals surface area (Å²) < 4.78 is 0. The number of carbonyl (C=O) groups is 1. The molecular weight excluding hydrogens is 326 g/mol. The first-order valence-electron chi connectivity index (χ1n) is 9.21. The zero-order chi connectivity index (χ0) is 18.4. The number of hydrogen-bond acceptors (Lipinski definition) is 5. The summed E-state index contributed by atoms with van der Waals surface area (Å²) in [6, 6.07) is 3.83. The van der Waals surface area contributed by atoms with Crippen LogP contribution in [0.15, 0.2) is 36.9 Å². The third-order valence-electron chi connectivity index (χ3n) is 4.78. The molecule has 0 aliphatic carbocycles. The first kappa shape index (κ1) is 18.5. The molecule has 0 atom stereocenters. The molecule has 0 aromatic carbocycles. The summed E-state index contributed by atoms with van der Waals surface area (Å²) >= 11 is 0.